The first-order valence-corrected chi connectivity index (χ1v) is 14.5. The fourth-order valence-electron chi connectivity index (χ4n) is 5.37. The van der Waals surface area contributed by atoms with E-state index in [0.717, 1.165) is 11.1 Å². The van der Waals surface area contributed by atoms with E-state index in [1.54, 1.807) is 38.5 Å². The number of methoxy groups -OCH3 is 2. The smallest absolute Gasteiger partial charge is 0.188 e. The molecule has 9 heteroatoms. The van der Waals surface area contributed by atoms with Gasteiger partial charge in [-0.1, -0.05) is 52.0 Å². The number of aliphatic hydroxyl groups is 1. The number of nitrogens with two attached hydrogens (primary N) is 1. The van der Waals surface area contributed by atoms with E-state index in [4.69, 9.17) is 38.9 Å². The molecular weight excluding hydrogens is 550 g/mol. The third-order valence-corrected chi connectivity index (χ3v) is 7.69. The van der Waals surface area contributed by atoms with E-state index < -0.39 is 18.2 Å². The quantitative estimate of drug-likeness (QED) is 0.184. The van der Waals surface area contributed by atoms with Crippen LogP contribution >= 0.6 is 0 Å². The molecule has 5 rings (SSSR count). The van der Waals surface area contributed by atoms with Gasteiger partial charge in [-0.15, -0.1) is 0 Å². The normalized spacial score (nSPS) is 20.3. The average Bonchev–Trinajstić information content (AvgIpc) is 2.99. The lowest BCUT2D eigenvalue weighted by molar-refractivity contribution is -0.226. The molecule has 0 bridgehead atoms. The lowest BCUT2D eigenvalue weighted by Gasteiger charge is -2.37. The summed E-state index contributed by atoms with van der Waals surface area (Å²) in [6.45, 7) is 10.5. The molecule has 0 aromatic heterocycles. The van der Waals surface area contributed by atoms with Crippen molar-refractivity contribution in [1.82, 2.24) is 0 Å². The first kappa shape index (κ1) is 31.3. The maximum absolute atomic E-state index is 13.1. The van der Waals surface area contributed by atoms with Crippen LogP contribution in [0, 0.1) is 10.8 Å². The van der Waals surface area contributed by atoms with Crippen LogP contribution in [0.25, 0.3) is 0 Å². The summed E-state index contributed by atoms with van der Waals surface area (Å²) in [5, 5.41) is 13.1. The standard InChI is InChI=1S/C34H43NO8/c1-32(2)17-39-30(40-18-32)22-10-12-28(38-6)26(14-22)34(36,24-8-7-9-25(35)16-24)27-15-23(11-13-29(27)43-21-37-5)31-41-19-33(3,4)20-42-31/h7-16,30-31,36H,17-21,35H2,1-6H3. The number of nitrogen functional groups attached to an aromatic ring is 1. The Hall–Kier alpha value is -3.18. The van der Waals surface area contributed by atoms with Gasteiger partial charge in [-0.05, 0) is 42.0 Å². The molecule has 0 aliphatic carbocycles. The van der Waals surface area contributed by atoms with Crippen molar-refractivity contribution in [1.29, 1.82) is 0 Å². The molecule has 2 fully saturated rings. The molecular formula is C34H43NO8. The van der Waals surface area contributed by atoms with Crippen LogP contribution in [-0.2, 0) is 29.3 Å². The molecule has 1 atom stereocenters. The molecule has 9 nitrogen and oxygen atoms in total. The zero-order valence-corrected chi connectivity index (χ0v) is 25.8. The summed E-state index contributed by atoms with van der Waals surface area (Å²) < 4.78 is 41.6. The summed E-state index contributed by atoms with van der Waals surface area (Å²) in [7, 11) is 3.11. The highest BCUT2D eigenvalue weighted by molar-refractivity contribution is 5.60. The average molecular weight is 594 g/mol. The van der Waals surface area contributed by atoms with Gasteiger partial charge in [0.2, 0.25) is 0 Å². The Bertz CT molecular complexity index is 1400. The van der Waals surface area contributed by atoms with Crippen molar-refractivity contribution in [2.45, 2.75) is 45.9 Å². The van der Waals surface area contributed by atoms with Gasteiger partial charge < -0.3 is 44.0 Å². The van der Waals surface area contributed by atoms with Crippen molar-refractivity contribution < 1.29 is 38.3 Å². The van der Waals surface area contributed by atoms with Gasteiger partial charge in [-0.25, -0.2) is 0 Å². The summed E-state index contributed by atoms with van der Waals surface area (Å²) in [5.41, 5.74) is 7.64. The lowest BCUT2D eigenvalue weighted by Crippen LogP contribution is -2.35. The minimum atomic E-state index is -1.81. The maximum Gasteiger partial charge on any atom is 0.188 e. The fraction of sp³-hybridized carbons (Fsp3) is 0.471. The van der Waals surface area contributed by atoms with Crippen molar-refractivity contribution in [3.8, 4) is 11.5 Å². The SMILES string of the molecule is COCOc1ccc(C2OCC(C)(C)CO2)cc1C(O)(c1cccc(N)c1)c1cc(C2OCC(C)(C)CO2)ccc1OC. The largest absolute Gasteiger partial charge is 0.496 e. The summed E-state index contributed by atoms with van der Waals surface area (Å²) >= 11 is 0. The Morgan fingerprint density at radius 1 is 0.767 bits per heavy atom. The van der Waals surface area contributed by atoms with Crippen LogP contribution in [0.4, 0.5) is 5.69 Å². The first-order chi connectivity index (χ1) is 20.5. The summed E-state index contributed by atoms with van der Waals surface area (Å²) in [4.78, 5) is 0. The van der Waals surface area contributed by atoms with Gasteiger partial charge in [-0.3, -0.25) is 0 Å². The topological polar surface area (TPSA) is 111 Å². The number of ether oxygens (including phenoxy) is 7. The predicted octanol–water partition coefficient (Wildman–Crippen LogP) is 5.69. The van der Waals surface area contributed by atoms with Gasteiger partial charge in [-0.2, -0.15) is 0 Å². The highest BCUT2D eigenvalue weighted by atomic mass is 16.7. The summed E-state index contributed by atoms with van der Waals surface area (Å²) in [5.74, 6) is 0.867. The van der Waals surface area contributed by atoms with Crippen LogP contribution in [0.5, 0.6) is 11.5 Å². The molecule has 2 heterocycles. The number of anilines is 1. The minimum Gasteiger partial charge on any atom is -0.496 e. The second-order valence-electron chi connectivity index (χ2n) is 12.8. The zero-order valence-electron chi connectivity index (χ0n) is 25.8. The van der Waals surface area contributed by atoms with E-state index in [0.29, 0.717) is 60.3 Å². The van der Waals surface area contributed by atoms with Crippen molar-refractivity contribution in [3.63, 3.8) is 0 Å². The summed E-state index contributed by atoms with van der Waals surface area (Å²) in [6, 6.07) is 18.2. The Morgan fingerprint density at radius 3 is 1.77 bits per heavy atom. The number of hydrogen-bond acceptors (Lipinski definition) is 9. The second-order valence-corrected chi connectivity index (χ2v) is 12.8. The highest BCUT2D eigenvalue weighted by Gasteiger charge is 2.41. The number of benzene rings is 3. The Labute approximate surface area is 253 Å². The predicted molar refractivity (Wildman–Crippen MR) is 162 cm³/mol. The molecule has 0 saturated carbocycles. The second kappa shape index (κ2) is 12.4. The third kappa shape index (κ3) is 6.67. The van der Waals surface area contributed by atoms with E-state index in [1.165, 1.54) is 0 Å². The number of rotatable bonds is 9. The van der Waals surface area contributed by atoms with Crippen molar-refractivity contribution in [2.24, 2.45) is 10.8 Å². The molecule has 43 heavy (non-hydrogen) atoms. The van der Waals surface area contributed by atoms with E-state index in [-0.39, 0.29) is 17.6 Å². The van der Waals surface area contributed by atoms with Gasteiger partial charge in [0.25, 0.3) is 0 Å². The third-order valence-electron chi connectivity index (χ3n) is 7.69. The van der Waals surface area contributed by atoms with Gasteiger partial charge in [0, 0.05) is 45.9 Å². The van der Waals surface area contributed by atoms with Crippen LogP contribution in [0.2, 0.25) is 0 Å². The molecule has 1 unspecified atom stereocenters. The van der Waals surface area contributed by atoms with E-state index in [1.807, 2.05) is 36.4 Å². The monoisotopic (exact) mass is 593 g/mol. The molecule has 0 amide bonds. The molecule has 0 radical (unpaired) electrons. The molecule has 3 N–H and O–H groups in total. The van der Waals surface area contributed by atoms with Crippen LogP contribution in [0.3, 0.4) is 0 Å². The molecule has 232 valence electrons. The molecule has 3 aromatic rings. The van der Waals surface area contributed by atoms with Gasteiger partial charge in [0.15, 0.2) is 19.4 Å². The van der Waals surface area contributed by atoms with Crippen molar-refractivity contribution >= 4 is 5.69 Å². The van der Waals surface area contributed by atoms with Crippen LogP contribution < -0.4 is 15.2 Å². The first-order valence-electron chi connectivity index (χ1n) is 14.5. The highest BCUT2D eigenvalue weighted by Crippen LogP contribution is 2.47. The number of hydrogen-bond donors (Lipinski definition) is 2. The van der Waals surface area contributed by atoms with E-state index in [9.17, 15) is 5.11 Å². The Morgan fingerprint density at radius 2 is 1.28 bits per heavy atom. The van der Waals surface area contributed by atoms with Crippen LogP contribution in [0.1, 0.15) is 68.1 Å². The van der Waals surface area contributed by atoms with Crippen LogP contribution in [0.15, 0.2) is 60.7 Å². The van der Waals surface area contributed by atoms with E-state index in [2.05, 4.69) is 27.7 Å². The van der Waals surface area contributed by atoms with Gasteiger partial charge in [0.1, 0.15) is 17.1 Å². The fourth-order valence-corrected chi connectivity index (χ4v) is 5.37. The lowest BCUT2D eigenvalue weighted by atomic mass is 9.78. The maximum atomic E-state index is 13.1. The molecule has 2 saturated heterocycles. The van der Waals surface area contributed by atoms with Crippen molar-refractivity contribution in [3.05, 3.63) is 88.5 Å². The molecule has 3 aromatic carbocycles. The van der Waals surface area contributed by atoms with Crippen molar-refractivity contribution in [2.75, 3.05) is 53.2 Å². The Balaban J connectivity index is 1.69. The summed E-state index contributed by atoms with van der Waals surface area (Å²) in [6.07, 6.45) is -1.22. The Kier molecular flexibility index (Phi) is 9.04. The molecule has 2 aliphatic rings. The van der Waals surface area contributed by atoms with E-state index >= 15 is 0 Å². The van der Waals surface area contributed by atoms with Gasteiger partial charge >= 0.3 is 0 Å². The van der Waals surface area contributed by atoms with Crippen LogP contribution in [-0.4, -0.2) is 52.5 Å². The van der Waals surface area contributed by atoms with Gasteiger partial charge in [0.05, 0.1) is 33.5 Å². The molecule has 2 aliphatic heterocycles. The molecule has 0 spiro atoms. The zero-order chi connectivity index (χ0) is 30.8. The minimum absolute atomic E-state index is 0.0271.